The molecule has 17 heavy (non-hydrogen) atoms. The average molecular weight is 257 g/mol. The third-order valence-corrected chi connectivity index (χ3v) is 3.00. The van der Waals surface area contributed by atoms with Gasteiger partial charge in [-0.05, 0) is 13.8 Å². The zero-order valence-electron chi connectivity index (χ0n) is 10.5. The largest absolute Gasteiger partial charge is 0.381 e. The van der Waals surface area contributed by atoms with Crippen molar-refractivity contribution < 1.29 is 9.53 Å². The first-order chi connectivity index (χ1) is 8.13. The maximum Gasteiger partial charge on any atom is 0.235 e. The van der Waals surface area contributed by atoms with E-state index in [0.717, 1.165) is 23.9 Å². The molecule has 96 valence electrons. The SMILES string of the molecule is CCOCCSCC(=O)Nc1cc(C)nn1C. The fourth-order valence-corrected chi connectivity index (χ4v) is 1.97. The molecule has 0 unspecified atom stereocenters. The Labute approximate surface area is 106 Å². The van der Waals surface area contributed by atoms with E-state index < -0.39 is 0 Å². The van der Waals surface area contributed by atoms with Crippen molar-refractivity contribution in [3.05, 3.63) is 11.8 Å². The van der Waals surface area contributed by atoms with E-state index in [9.17, 15) is 4.79 Å². The molecule has 1 aromatic heterocycles. The van der Waals surface area contributed by atoms with Crippen LogP contribution < -0.4 is 5.32 Å². The van der Waals surface area contributed by atoms with Gasteiger partial charge >= 0.3 is 0 Å². The lowest BCUT2D eigenvalue weighted by atomic mass is 10.4. The molecule has 1 heterocycles. The summed E-state index contributed by atoms with van der Waals surface area (Å²) in [5, 5.41) is 6.98. The summed E-state index contributed by atoms with van der Waals surface area (Å²) in [7, 11) is 1.81. The number of rotatable bonds is 7. The van der Waals surface area contributed by atoms with Crippen LogP contribution in [0.4, 0.5) is 5.82 Å². The predicted molar refractivity (Wildman–Crippen MR) is 70.4 cm³/mol. The number of nitrogens with zero attached hydrogens (tertiary/aromatic N) is 2. The molecule has 1 rings (SSSR count). The Morgan fingerprint density at radius 2 is 2.41 bits per heavy atom. The molecule has 0 aliphatic heterocycles. The number of thioether (sulfide) groups is 1. The first kappa shape index (κ1) is 14.1. The van der Waals surface area contributed by atoms with Crippen LogP contribution in [0, 0.1) is 6.92 Å². The quantitative estimate of drug-likeness (QED) is 0.751. The first-order valence-corrected chi connectivity index (χ1v) is 6.75. The lowest BCUT2D eigenvalue weighted by Crippen LogP contribution is -2.17. The second-order valence-corrected chi connectivity index (χ2v) is 4.70. The standard InChI is InChI=1S/C11H19N3O2S/c1-4-16-5-6-17-8-11(15)12-10-7-9(2)13-14(10)3/h7H,4-6,8H2,1-3H3,(H,12,15). The summed E-state index contributed by atoms with van der Waals surface area (Å²) in [6, 6.07) is 1.85. The molecular weight excluding hydrogens is 238 g/mol. The van der Waals surface area contributed by atoms with Gasteiger partial charge in [0.2, 0.25) is 5.91 Å². The predicted octanol–water partition coefficient (Wildman–Crippen LogP) is 1.44. The zero-order chi connectivity index (χ0) is 12.7. The van der Waals surface area contributed by atoms with Crippen LogP contribution in [0.3, 0.4) is 0 Å². The highest BCUT2D eigenvalue weighted by atomic mass is 32.2. The van der Waals surface area contributed by atoms with Crippen LogP contribution in [0.25, 0.3) is 0 Å². The van der Waals surface area contributed by atoms with Crippen LogP contribution in [0.1, 0.15) is 12.6 Å². The highest BCUT2D eigenvalue weighted by Gasteiger charge is 2.06. The molecule has 0 spiro atoms. The number of carbonyl (C=O) groups excluding carboxylic acids is 1. The first-order valence-electron chi connectivity index (χ1n) is 5.59. The molecule has 0 fully saturated rings. The van der Waals surface area contributed by atoms with Gasteiger partial charge in [0.15, 0.2) is 0 Å². The normalized spacial score (nSPS) is 10.5. The monoisotopic (exact) mass is 257 g/mol. The van der Waals surface area contributed by atoms with Crippen LogP contribution in [-0.4, -0.2) is 40.4 Å². The van der Waals surface area contributed by atoms with Gasteiger partial charge in [-0.1, -0.05) is 0 Å². The van der Waals surface area contributed by atoms with Gasteiger partial charge in [0.05, 0.1) is 18.1 Å². The fraction of sp³-hybridized carbons (Fsp3) is 0.636. The lowest BCUT2D eigenvalue weighted by molar-refractivity contribution is -0.113. The topological polar surface area (TPSA) is 56.1 Å². The molecule has 6 heteroatoms. The van der Waals surface area contributed by atoms with E-state index in [-0.39, 0.29) is 5.91 Å². The van der Waals surface area contributed by atoms with Crippen molar-refractivity contribution >= 4 is 23.5 Å². The Kier molecular flexibility index (Phi) is 6.07. The van der Waals surface area contributed by atoms with Crippen molar-refractivity contribution in [3.8, 4) is 0 Å². The highest BCUT2D eigenvalue weighted by Crippen LogP contribution is 2.09. The van der Waals surface area contributed by atoms with Gasteiger partial charge in [-0.25, -0.2) is 0 Å². The number of carbonyl (C=O) groups is 1. The van der Waals surface area contributed by atoms with Crippen molar-refractivity contribution in [2.45, 2.75) is 13.8 Å². The molecule has 1 N–H and O–H groups in total. The third-order valence-electron chi connectivity index (χ3n) is 2.08. The van der Waals surface area contributed by atoms with Crippen molar-refractivity contribution in [2.24, 2.45) is 7.05 Å². The second kappa shape index (κ2) is 7.34. The number of hydrogen-bond donors (Lipinski definition) is 1. The molecule has 1 aromatic rings. The Bertz CT molecular complexity index is 366. The molecule has 1 amide bonds. The van der Waals surface area contributed by atoms with Crippen molar-refractivity contribution in [1.29, 1.82) is 0 Å². The van der Waals surface area contributed by atoms with E-state index >= 15 is 0 Å². The summed E-state index contributed by atoms with van der Waals surface area (Å²) in [5.41, 5.74) is 0.895. The van der Waals surface area contributed by atoms with Crippen LogP contribution >= 0.6 is 11.8 Å². The van der Waals surface area contributed by atoms with E-state index in [0.29, 0.717) is 12.4 Å². The Morgan fingerprint density at radius 1 is 1.65 bits per heavy atom. The van der Waals surface area contributed by atoms with E-state index in [1.165, 1.54) is 0 Å². The van der Waals surface area contributed by atoms with Crippen LogP contribution in [0.15, 0.2) is 6.07 Å². The number of hydrogen-bond acceptors (Lipinski definition) is 4. The van der Waals surface area contributed by atoms with Crippen molar-refractivity contribution in [2.75, 3.05) is 30.0 Å². The summed E-state index contributed by atoms with van der Waals surface area (Å²) < 4.78 is 6.85. The van der Waals surface area contributed by atoms with Gasteiger partial charge in [0.25, 0.3) is 0 Å². The number of anilines is 1. The lowest BCUT2D eigenvalue weighted by Gasteiger charge is -2.05. The van der Waals surface area contributed by atoms with Crippen LogP contribution in [0.5, 0.6) is 0 Å². The molecule has 0 atom stereocenters. The molecule has 0 aliphatic rings. The van der Waals surface area contributed by atoms with Gasteiger partial charge in [-0.15, -0.1) is 11.8 Å². The second-order valence-electron chi connectivity index (χ2n) is 3.59. The summed E-state index contributed by atoms with van der Waals surface area (Å²) in [6.07, 6.45) is 0. The summed E-state index contributed by atoms with van der Waals surface area (Å²) in [5.74, 6) is 2.01. The minimum Gasteiger partial charge on any atom is -0.381 e. The summed E-state index contributed by atoms with van der Waals surface area (Å²) in [4.78, 5) is 11.6. The summed E-state index contributed by atoms with van der Waals surface area (Å²) in [6.45, 7) is 5.27. The van der Waals surface area contributed by atoms with E-state index in [1.54, 1.807) is 16.4 Å². The number of aromatic nitrogens is 2. The van der Waals surface area contributed by atoms with Gasteiger partial charge < -0.3 is 10.1 Å². The smallest absolute Gasteiger partial charge is 0.235 e. The molecule has 0 radical (unpaired) electrons. The number of aryl methyl sites for hydroxylation is 2. The molecule has 0 saturated heterocycles. The molecule has 5 nitrogen and oxygen atoms in total. The van der Waals surface area contributed by atoms with E-state index in [4.69, 9.17) is 4.74 Å². The number of amides is 1. The Balaban J connectivity index is 2.23. The van der Waals surface area contributed by atoms with E-state index in [2.05, 4.69) is 10.4 Å². The molecule has 0 saturated carbocycles. The zero-order valence-corrected chi connectivity index (χ0v) is 11.3. The fourth-order valence-electron chi connectivity index (χ4n) is 1.33. The number of ether oxygens (including phenoxy) is 1. The van der Waals surface area contributed by atoms with Crippen molar-refractivity contribution in [1.82, 2.24) is 9.78 Å². The third kappa shape index (κ3) is 5.23. The maximum absolute atomic E-state index is 11.6. The number of nitrogens with one attached hydrogen (secondary N) is 1. The minimum atomic E-state index is -0.00509. The Hall–Kier alpha value is -1.01. The van der Waals surface area contributed by atoms with Crippen LogP contribution in [0.2, 0.25) is 0 Å². The maximum atomic E-state index is 11.6. The van der Waals surface area contributed by atoms with Gasteiger partial charge in [0, 0.05) is 25.5 Å². The molecule has 0 aromatic carbocycles. The molecule has 0 bridgehead atoms. The molecular formula is C11H19N3O2S. The van der Waals surface area contributed by atoms with Gasteiger partial charge in [0.1, 0.15) is 5.82 Å². The van der Waals surface area contributed by atoms with E-state index in [1.807, 2.05) is 27.0 Å². The minimum absolute atomic E-state index is 0.00509. The molecule has 0 aliphatic carbocycles. The highest BCUT2D eigenvalue weighted by molar-refractivity contribution is 7.99. The summed E-state index contributed by atoms with van der Waals surface area (Å²) >= 11 is 1.57. The van der Waals surface area contributed by atoms with Crippen LogP contribution in [-0.2, 0) is 16.6 Å². The van der Waals surface area contributed by atoms with Crippen molar-refractivity contribution in [3.63, 3.8) is 0 Å². The average Bonchev–Trinajstić information content (AvgIpc) is 2.57. The van der Waals surface area contributed by atoms with Gasteiger partial charge in [-0.2, -0.15) is 5.10 Å². The Morgan fingerprint density at radius 3 is 3.00 bits per heavy atom. The van der Waals surface area contributed by atoms with Gasteiger partial charge in [-0.3, -0.25) is 9.48 Å².